The summed E-state index contributed by atoms with van der Waals surface area (Å²) in [5.41, 5.74) is 7.88. The lowest BCUT2D eigenvalue weighted by molar-refractivity contribution is -0.116. The van der Waals surface area contributed by atoms with Crippen LogP contribution in [0.3, 0.4) is 0 Å². The smallest absolute Gasteiger partial charge is 0.224 e. The van der Waals surface area contributed by atoms with E-state index in [1.54, 1.807) is 6.07 Å². The number of anilines is 2. The van der Waals surface area contributed by atoms with Crippen molar-refractivity contribution in [2.45, 2.75) is 40.0 Å². The number of nitrogens with one attached hydrogen (secondary N) is 2. The van der Waals surface area contributed by atoms with Crippen LogP contribution in [0.15, 0.2) is 18.2 Å². The molecule has 21 heavy (non-hydrogen) atoms. The Morgan fingerprint density at radius 3 is 2.57 bits per heavy atom. The first-order chi connectivity index (χ1) is 9.92. The molecule has 1 unspecified atom stereocenters. The van der Waals surface area contributed by atoms with Crippen molar-refractivity contribution in [2.24, 2.45) is 11.7 Å². The van der Waals surface area contributed by atoms with Crippen LogP contribution in [0.4, 0.5) is 11.4 Å². The molecule has 116 valence electrons. The highest BCUT2D eigenvalue weighted by molar-refractivity contribution is 5.94. The Morgan fingerprint density at radius 2 is 1.95 bits per heavy atom. The summed E-state index contributed by atoms with van der Waals surface area (Å²) in [6.07, 6.45) is 2.24. The maximum absolute atomic E-state index is 12.0. The van der Waals surface area contributed by atoms with Gasteiger partial charge in [0.25, 0.3) is 0 Å². The molecule has 0 aliphatic heterocycles. The lowest BCUT2D eigenvalue weighted by atomic mass is 10.0. The maximum Gasteiger partial charge on any atom is 0.224 e. The molecule has 0 saturated heterocycles. The minimum Gasteiger partial charge on any atom is -0.330 e. The molecule has 0 saturated carbocycles. The van der Waals surface area contributed by atoms with E-state index in [-0.39, 0.29) is 11.8 Å². The molecule has 4 N–H and O–H groups in total. The van der Waals surface area contributed by atoms with Crippen molar-refractivity contribution in [1.82, 2.24) is 0 Å². The quantitative estimate of drug-likeness (QED) is 0.722. The zero-order chi connectivity index (χ0) is 15.8. The molecule has 0 radical (unpaired) electrons. The number of hydrogen-bond acceptors (Lipinski definition) is 3. The molecule has 0 aliphatic carbocycles. The molecule has 1 rings (SSSR count). The van der Waals surface area contributed by atoms with Gasteiger partial charge >= 0.3 is 0 Å². The van der Waals surface area contributed by atoms with E-state index < -0.39 is 0 Å². The number of carbonyl (C=O) groups excluding carboxylic acids is 2. The standard InChI is InChI=1S/C16H25N3O2/c1-11(8-9-17)4-7-16(21)19-15-10-14(18-13(3)20)6-5-12(15)2/h5-6,10-11H,4,7-9,17H2,1-3H3,(H,18,20)(H,19,21). The predicted molar refractivity (Wildman–Crippen MR) is 86.2 cm³/mol. The average Bonchev–Trinajstić information content (AvgIpc) is 2.40. The Morgan fingerprint density at radius 1 is 1.24 bits per heavy atom. The molecule has 0 fully saturated rings. The van der Waals surface area contributed by atoms with Crippen molar-refractivity contribution in [2.75, 3.05) is 17.2 Å². The summed E-state index contributed by atoms with van der Waals surface area (Å²) >= 11 is 0. The third kappa shape index (κ3) is 6.40. The van der Waals surface area contributed by atoms with Gasteiger partial charge in [-0.05, 0) is 49.9 Å². The number of benzene rings is 1. The normalized spacial score (nSPS) is 11.8. The van der Waals surface area contributed by atoms with Crippen molar-refractivity contribution < 1.29 is 9.59 Å². The fourth-order valence-corrected chi connectivity index (χ4v) is 2.06. The highest BCUT2D eigenvalue weighted by atomic mass is 16.2. The lowest BCUT2D eigenvalue weighted by Crippen LogP contribution is -2.15. The molecule has 1 aromatic carbocycles. The van der Waals surface area contributed by atoms with Crippen LogP contribution in [-0.4, -0.2) is 18.4 Å². The largest absolute Gasteiger partial charge is 0.330 e. The Kier molecular flexibility index (Phi) is 6.88. The van der Waals surface area contributed by atoms with Crippen LogP contribution >= 0.6 is 0 Å². The van der Waals surface area contributed by atoms with Gasteiger partial charge in [-0.3, -0.25) is 9.59 Å². The number of hydrogen-bond donors (Lipinski definition) is 3. The molecule has 2 amide bonds. The second-order valence-electron chi connectivity index (χ2n) is 5.48. The van der Waals surface area contributed by atoms with Crippen LogP contribution in [-0.2, 0) is 9.59 Å². The van der Waals surface area contributed by atoms with E-state index in [1.807, 2.05) is 19.1 Å². The summed E-state index contributed by atoms with van der Waals surface area (Å²) < 4.78 is 0. The average molecular weight is 291 g/mol. The van der Waals surface area contributed by atoms with Crippen molar-refractivity contribution in [3.05, 3.63) is 23.8 Å². The van der Waals surface area contributed by atoms with E-state index in [9.17, 15) is 9.59 Å². The number of rotatable bonds is 7. The predicted octanol–water partition coefficient (Wildman–Crippen LogP) is 2.66. The van der Waals surface area contributed by atoms with Gasteiger partial charge in [0.05, 0.1) is 0 Å². The minimum absolute atomic E-state index is 0.0121. The van der Waals surface area contributed by atoms with E-state index in [0.29, 0.717) is 24.6 Å². The Balaban J connectivity index is 2.60. The summed E-state index contributed by atoms with van der Waals surface area (Å²) in [5.74, 6) is 0.307. The van der Waals surface area contributed by atoms with E-state index in [2.05, 4.69) is 17.6 Å². The molecule has 0 aliphatic rings. The fraction of sp³-hybridized carbons (Fsp3) is 0.500. The molecule has 5 heteroatoms. The second-order valence-corrected chi connectivity index (χ2v) is 5.48. The van der Waals surface area contributed by atoms with Crippen molar-refractivity contribution in [3.63, 3.8) is 0 Å². The second kappa shape index (κ2) is 8.42. The van der Waals surface area contributed by atoms with Crippen LogP contribution in [0.25, 0.3) is 0 Å². The third-order valence-electron chi connectivity index (χ3n) is 3.36. The zero-order valence-electron chi connectivity index (χ0n) is 13.0. The van der Waals surface area contributed by atoms with Gasteiger partial charge in [-0.15, -0.1) is 0 Å². The van der Waals surface area contributed by atoms with Crippen LogP contribution in [0.5, 0.6) is 0 Å². The first kappa shape index (κ1) is 17.2. The molecule has 0 heterocycles. The third-order valence-corrected chi connectivity index (χ3v) is 3.36. The fourth-order valence-electron chi connectivity index (χ4n) is 2.06. The molecule has 1 atom stereocenters. The van der Waals surface area contributed by atoms with Gasteiger partial charge < -0.3 is 16.4 Å². The van der Waals surface area contributed by atoms with Gasteiger partial charge in [0.1, 0.15) is 0 Å². The van der Waals surface area contributed by atoms with Gasteiger partial charge in [0.2, 0.25) is 11.8 Å². The minimum atomic E-state index is -0.133. The van der Waals surface area contributed by atoms with E-state index >= 15 is 0 Å². The topological polar surface area (TPSA) is 84.2 Å². The lowest BCUT2D eigenvalue weighted by Gasteiger charge is -2.12. The molecule has 0 aromatic heterocycles. The Bertz CT molecular complexity index is 500. The molecular formula is C16H25N3O2. The highest BCUT2D eigenvalue weighted by Gasteiger charge is 2.09. The summed E-state index contributed by atoms with van der Waals surface area (Å²) in [6.45, 7) is 6.13. The first-order valence-electron chi connectivity index (χ1n) is 7.30. The number of aryl methyl sites for hydroxylation is 1. The first-order valence-corrected chi connectivity index (χ1v) is 7.30. The van der Waals surface area contributed by atoms with Gasteiger partial charge in [-0.1, -0.05) is 13.0 Å². The Hall–Kier alpha value is -1.88. The van der Waals surface area contributed by atoms with Crippen LogP contribution < -0.4 is 16.4 Å². The Labute approximate surface area is 126 Å². The highest BCUT2D eigenvalue weighted by Crippen LogP contribution is 2.21. The molecule has 5 nitrogen and oxygen atoms in total. The zero-order valence-corrected chi connectivity index (χ0v) is 13.0. The van der Waals surface area contributed by atoms with Crippen molar-refractivity contribution >= 4 is 23.2 Å². The SMILES string of the molecule is CC(=O)Nc1ccc(C)c(NC(=O)CCC(C)CCN)c1. The molecule has 1 aromatic rings. The summed E-state index contributed by atoms with van der Waals surface area (Å²) in [6, 6.07) is 5.46. The van der Waals surface area contributed by atoms with Gasteiger partial charge in [-0.25, -0.2) is 0 Å². The molecule has 0 spiro atoms. The van der Waals surface area contributed by atoms with Crippen LogP contribution in [0, 0.1) is 12.8 Å². The van der Waals surface area contributed by atoms with Crippen molar-refractivity contribution in [1.29, 1.82) is 0 Å². The number of carbonyl (C=O) groups is 2. The van der Waals surface area contributed by atoms with E-state index in [1.165, 1.54) is 6.92 Å². The number of nitrogens with two attached hydrogens (primary N) is 1. The van der Waals surface area contributed by atoms with E-state index in [4.69, 9.17) is 5.73 Å². The van der Waals surface area contributed by atoms with Crippen LogP contribution in [0.2, 0.25) is 0 Å². The van der Waals surface area contributed by atoms with Gasteiger partial charge in [-0.2, -0.15) is 0 Å². The number of amides is 2. The van der Waals surface area contributed by atoms with Crippen molar-refractivity contribution in [3.8, 4) is 0 Å². The van der Waals surface area contributed by atoms with Crippen LogP contribution in [0.1, 0.15) is 38.7 Å². The van der Waals surface area contributed by atoms with Gasteiger partial charge in [0, 0.05) is 24.7 Å². The maximum atomic E-state index is 12.0. The molecular weight excluding hydrogens is 266 g/mol. The summed E-state index contributed by atoms with van der Waals surface area (Å²) in [7, 11) is 0. The van der Waals surface area contributed by atoms with Gasteiger partial charge in [0.15, 0.2) is 0 Å². The molecule has 0 bridgehead atoms. The monoisotopic (exact) mass is 291 g/mol. The van der Waals surface area contributed by atoms with E-state index in [0.717, 1.165) is 24.1 Å². The summed E-state index contributed by atoms with van der Waals surface area (Å²) in [5, 5.41) is 5.61. The summed E-state index contributed by atoms with van der Waals surface area (Å²) in [4.78, 5) is 23.0.